The number of ketones is 1. The predicted molar refractivity (Wildman–Crippen MR) is 129 cm³/mol. The number of aromatic nitrogens is 1. The van der Waals surface area contributed by atoms with E-state index in [1.807, 2.05) is 71.8 Å². The van der Waals surface area contributed by atoms with Gasteiger partial charge in [-0.15, -0.1) is 0 Å². The van der Waals surface area contributed by atoms with Crippen LogP contribution in [0.5, 0.6) is 0 Å². The van der Waals surface area contributed by atoms with Crippen molar-refractivity contribution < 1.29 is 9.72 Å². The van der Waals surface area contributed by atoms with E-state index in [-0.39, 0.29) is 18.0 Å². The topological polar surface area (TPSA) is 100 Å². The number of non-ortho nitro benzene ring substituents is 1. The minimum atomic E-state index is -0.532. The summed E-state index contributed by atoms with van der Waals surface area (Å²) in [6, 6.07) is 27.1. The Hall–Kier alpha value is -4.83. The minimum Gasteiger partial charge on any atom is -0.339 e. The van der Waals surface area contributed by atoms with Gasteiger partial charge in [-0.25, -0.2) is 4.98 Å². The fourth-order valence-electron chi connectivity index (χ4n) is 4.20. The molecule has 0 spiro atoms. The summed E-state index contributed by atoms with van der Waals surface area (Å²) in [5, 5.41) is 22.0. The number of hydrogen-bond donors (Lipinski definition) is 0. The van der Waals surface area contributed by atoms with E-state index in [1.54, 1.807) is 0 Å². The van der Waals surface area contributed by atoms with Gasteiger partial charge in [0.25, 0.3) is 5.69 Å². The molecule has 0 aliphatic carbocycles. The summed E-state index contributed by atoms with van der Waals surface area (Å²) in [7, 11) is 0. The van der Waals surface area contributed by atoms with Crippen LogP contribution in [0.2, 0.25) is 0 Å². The van der Waals surface area contributed by atoms with Gasteiger partial charge in [0.05, 0.1) is 28.7 Å². The zero-order valence-corrected chi connectivity index (χ0v) is 18.0. The Morgan fingerprint density at radius 2 is 1.74 bits per heavy atom. The number of carbonyl (C=O) groups excluding carboxylic acids is 1. The van der Waals surface area contributed by atoms with Crippen molar-refractivity contribution in [3.8, 4) is 6.07 Å². The SMILES string of the molecule is N#CC1C(c2ccc3ccccc3n2)=CN(CC(=O)c2ccc([N+](=O)[O-])cc2)c2ccccc21. The number of carbonyl (C=O) groups is 1. The van der Waals surface area contributed by atoms with Gasteiger partial charge >= 0.3 is 0 Å². The van der Waals surface area contributed by atoms with Crippen LogP contribution in [0.25, 0.3) is 16.5 Å². The summed E-state index contributed by atoms with van der Waals surface area (Å²) in [5.74, 6) is -0.724. The third kappa shape index (κ3) is 3.78. The van der Waals surface area contributed by atoms with Crippen molar-refractivity contribution >= 4 is 33.6 Å². The van der Waals surface area contributed by atoms with Crippen LogP contribution in [0.3, 0.4) is 0 Å². The summed E-state index contributed by atoms with van der Waals surface area (Å²) < 4.78 is 0. The molecule has 164 valence electrons. The molecule has 34 heavy (non-hydrogen) atoms. The lowest BCUT2D eigenvalue weighted by molar-refractivity contribution is -0.384. The van der Waals surface area contributed by atoms with Crippen molar-refractivity contribution in [2.45, 2.75) is 5.92 Å². The van der Waals surface area contributed by atoms with E-state index in [0.29, 0.717) is 16.8 Å². The van der Waals surface area contributed by atoms with E-state index >= 15 is 0 Å². The van der Waals surface area contributed by atoms with Gasteiger partial charge in [0.15, 0.2) is 5.78 Å². The van der Waals surface area contributed by atoms with Crippen LogP contribution in [-0.4, -0.2) is 22.2 Å². The summed E-state index contributed by atoms with van der Waals surface area (Å²) in [5.41, 5.74) is 4.09. The van der Waals surface area contributed by atoms with Gasteiger partial charge in [-0.2, -0.15) is 5.26 Å². The van der Waals surface area contributed by atoms with Gasteiger partial charge in [0.2, 0.25) is 0 Å². The van der Waals surface area contributed by atoms with Crippen LogP contribution in [-0.2, 0) is 0 Å². The molecule has 2 heterocycles. The second-order valence-corrected chi connectivity index (χ2v) is 7.95. The van der Waals surface area contributed by atoms with Gasteiger partial charge in [-0.05, 0) is 35.9 Å². The van der Waals surface area contributed by atoms with Crippen LogP contribution in [0.4, 0.5) is 11.4 Å². The molecule has 0 fully saturated rings. The molecule has 0 bridgehead atoms. The minimum absolute atomic E-state index is 0.0179. The standard InChI is InChI=1S/C27H18N4O3/c28-15-22-21-6-2-4-8-26(21)30(17-27(32)19-9-12-20(13-10-19)31(33)34)16-23(22)25-14-11-18-5-1-3-7-24(18)29-25/h1-14,16,22H,17H2. The molecule has 1 aromatic heterocycles. The van der Waals surface area contributed by atoms with E-state index < -0.39 is 10.8 Å². The number of pyridine rings is 1. The molecule has 0 saturated carbocycles. The van der Waals surface area contributed by atoms with Crippen LogP contribution in [0.15, 0.2) is 91.1 Å². The number of rotatable bonds is 5. The molecule has 7 heteroatoms. The van der Waals surface area contributed by atoms with Crippen molar-refractivity contribution in [2.24, 2.45) is 0 Å². The number of nitrogens with zero attached hydrogens (tertiary/aromatic N) is 4. The van der Waals surface area contributed by atoms with Crippen LogP contribution in [0, 0.1) is 21.4 Å². The Kier molecular flexibility index (Phi) is 5.32. The van der Waals surface area contributed by atoms with Crippen LogP contribution >= 0.6 is 0 Å². The van der Waals surface area contributed by atoms with Gasteiger partial charge in [-0.1, -0.05) is 42.5 Å². The maximum absolute atomic E-state index is 13.1. The highest BCUT2D eigenvalue weighted by Gasteiger charge is 2.29. The van der Waals surface area contributed by atoms with E-state index in [1.165, 1.54) is 24.3 Å². The van der Waals surface area contributed by atoms with E-state index in [0.717, 1.165) is 22.2 Å². The number of anilines is 1. The van der Waals surface area contributed by atoms with Crippen LogP contribution in [0.1, 0.15) is 27.5 Å². The second kappa shape index (κ2) is 8.60. The normalized spacial score (nSPS) is 14.7. The molecule has 0 radical (unpaired) electrons. The Morgan fingerprint density at radius 3 is 2.50 bits per heavy atom. The quantitative estimate of drug-likeness (QED) is 0.228. The highest BCUT2D eigenvalue weighted by atomic mass is 16.6. The summed E-state index contributed by atoms with van der Waals surface area (Å²) in [6.45, 7) is 0.0179. The van der Waals surface area contributed by atoms with E-state index in [9.17, 15) is 20.2 Å². The number of Topliss-reactive ketones (excluding diaryl/α,β-unsaturated/α-hetero) is 1. The Labute approximate surface area is 195 Å². The van der Waals surface area contributed by atoms with Crippen molar-refractivity contribution in [3.05, 3.63) is 118 Å². The Balaban J connectivity index is 1.55. The first-order valence-electron chi connectivity index (χ1n) is 10.7. The fraction of sp³-hybridized carbons (Fsp3) is 0.0741. The monoisotopic (exact) mass is 446 g/mol. The van der Waals surface area contributed by atoms with Crippen molar-refractivity contribution in [3.63, 3.8) is 0 Å². The molecular weight excluding hydrogens is 428 g/mol. The van der Waals surface area contributed by atoms with Gasteiger partial charge < -0.3 is 4.90 Å². The largest absolute Gasteiger partial charge is 0.339 e. The lowest BCUT2D eigenvalue weighted by atomic mass is 9.86. The number of benzene rings is 3. The second-order valence-electron chi connectivity index (χ2n) is 7.95. The average molecular weight is 446 g/mol. The predicted octanol–water partition coefficient (Wildman–Crippen LogP) is 5.49. The van der Waals surface area contributed by atoms with E-state index in [2.05, 4.69) is 6.07 Å². The lowest BCUT2D eigenvalue weighted by Gasteiger charge is -2.31. The number of nitro groups is 1. The zero-order chi connectivity index (χ0) is 23.7. The van der Waals surface area contributed by atoms with Crippen molar-refractivity contribution in [1.82, 2.24) is 4.98 Å². The summed E-state index contributed by atoms with van der Waals surface area (Å²) >= 11 is 0. The highest BCUT2D eigenvalue weighted by Crippen LogP contribution is 2.41. The molecule has 0 saturated heterocycles. The van der Waals surface area contributed by atoms with Crippen molar-refractivity contribution in [1.29, 1.82) is 5.26 Å². The maximum atomic E-state index is 13.1. The molecule has 1 unspecified atom stereocenters. The van der Waals surface area contributed by atoms with Crippen molar-refractivity contribution in [2.75, 3.05) is 11.4 Å². The van der Waals surface area contributed by atoms with Gasteiger partial charge in [0.1, 0.15) is 5.92 Å². The molecular formula is C27H18N4O3. The summed E-state index contributed by atoms with van der Waals surface area (Å²) in [6.07, 6.45) is 1.82. The number of para-hydroxylation sites is 2. The number of fused-ring (bicyclic) bond motifs is 2. The van der Waals surface area contributed by atoms with Gasteiger partial charge in [-0.3, -0.25) is 14.9 Å². The first-order valence-corrected chi connectivity index (χ1v) is 10.7. The number of hydrogen-bond acceptors (Lipinski definition) is 6. The highest BCUT2D eigenvalue weighted by molar-refractivity contribution is 6.00. The molecule has 5 rings (SSSR count). The third-order valence-electron chi connectivity index (χ3n) is 5.90. The average Bonchev–Trinajstić information content (AvgIpc) is 2.88. The summed E-state index contributed by atoms with van der Waals surface area (Å²) in [4.78, 5) is 30.1. The zero-order valence-electron chi connectivity index (χ0n) is 18.0. The number of nitriles is 1. The molecule has 4 aromatic rings. The molecule has 0 amide bonds. The number of allylic oxidation sites excluding steroid dienone is 1. The molecule has 7 nitrogen and oxygen atoms in total. The molecule has 1 aliphatic heterocycles. The van der Waals surface area contributed by atoms with Crippen LogP contribution < -0.4 is 4.90 Å². The molecule has 3 aromatic carbocycles. The van der Waals surface area contributed by atoms with Gasteiger partial charge in [0, 0.05) is 40.5 Å². The lowest BCUT2D eigenvalue weighted by Crippen LogP contribution is -2.29. The molecule has 1 atom stereocenters. The Morgan fingerprint density at radius 1 is 1.00 bits per heavy atom. The molecule has 0 N–H and O–H groups in total. The van der Waals surface area contributed by atoms with E-state index in [4.69, 9.17) is 4.98 Å². The third-order valence-corrected chi connectivity index (χ3v) is 5.90. The number of nitro benzene ring substituents is 1. The fourth-order valence-corrected chi connectivity index (χ4v) is 4.20. The molecule has 1 aliphatic rings. The smallest absolute Gasteiger partial charge is 0.269 e. The first kappa shape index (κ1) is 21.0. The Bertz CT molecular complexity index is 1500. The first-order chi connectivity index (χ1) is 16.5. The maximum Gasteiger partial charge on any atom is 0.269 e.